The fourth-order valence-corrected chi connectivity index (χ4v) is 2.36. The Balaban J connectivity index is 2.59. The summed E-state index contributed by atoms with van der Waals surface area (Å²) in [6.07, 6.45) is 0. The molecule has 2 rings (SSSR count). The highest BCUT2D eigenvalue weighted by atomic mass is 35.5. The summed E-state index contributed by atoms with van der Waals surface area (Å²) in [6.45, 7) is 1.60. The summed E-state index contributed by atoms with van der Waals surface area (Å²) in [5, 5.41) is 0.180. The van der Waals surface area contributed by atoms with Crippen molar-refractivity contribution in [3.63, 3.8) is 0 Å². The molecule has 0 heterocycles. The summed E-state index contributed by atoms with van der Waals surface area (Å²) in [7, 11) is 2.85. The van der Waals surface area contributed by atoms with Crippen LogP contribution in [0.5, 0.6) is 11.5 Å². The summed E-state index contributed by atoms with van der Waals surface area (Å²) in [4.78, 5) is 12.5. The maximum absolute atomic E-state index is 14.1. The molecule has 0 unspecified atom stereocenters. The van der Waals surface area contributed by atoms with E-state index in [4.69, 9.17) is 21.1 Å². The molecule has 0 radical (unpaired) electrons. The van der Waals surface area contributed by atoms with Crippen molar-refractivity contribution in [2.75, 3.05) is 14.2 Å². The largest absolute Gasteiger partial charge is 0.495 e. The fourth-order valence-electron chi connectivity index (χ4n) is 2.04. The van der Waals surface area contributed by atoms with Gasteiger partial charge in [0.25, 0.3) is 0 Å². The van der Waals surface area contributed by atoms with Gasteiger partial charge in [-0.2, -0.15) is 0 Å². The Bertz CT molecular complexity index is 698. The molecule has 21 heavy (non-hydrogen) atoms. The van der Waals surface area contributed by atoms with E-state index in [1.165, 1.54) is 26.4 Å². The molecule has 0 atom stereocenters. The first-order valence-corrected chi connectivity index (χ1v) is 6.59. The highest BCUT2D eigenvalue weighted by molar-refractivity contribution is 6.34. The molecule has 0 spiro atoms. The maximum Gasteiger partial charge on any atom is 0.199 e. The second-order valence-corrected chi connectivity index (χ2v) is 4.81. The van der Waals surface area contributed by atoms with Crippen molar-refractivity contribution in [2.45, 2.75) is 6.92 Å². The van der Waals surface area contributed by atoms with Crippen LogP contribution in [-0.4, -0.2) is 20.0 Å². The Morgan fingerprint density at radius 3 is 2.43 bits per heavy atom. The van der Waals surface area contributed by atoms with Crippen molar-refractivity contribution >= 4 is 17.4 Å². The average Bonchev–Trinajstić information content (AvgIpc) is 2.49. The molecule has 2 aromatic rings. The van der Waals surface area contributed by atoms with Crippen molar-refractivity contribution in [2.24, 2.45) is 0 Å². The number of ether oxygens (including phenoxy) is 2. The number of hydrogen-bond donors (Lipinski definition) is 0. The van der Waals surface area contributed by atoms with Gasteiger partial charge in [0.05, 0.1) is 25.3 Å². The van der Waals surface area contributed by atoms with Crippen molar-refractivity contribution in [1.82, 2.24) is 0 Å². The van der Waals surface area contributed by atoms with Gasteiger partial charge >= 0.3 is 0 Å². The zero-order valence-electron chi connectivity index (χ0n) is 11.9. The maximum atomic E-state index is 14.1. The van der Waals surface area contributed by atoms with Crippen LogP contribution in [0.25, 0.3) is 0 Å². The van der Waals surface area contributed by atoms with Gasteiger partial charge in [0.1, 0.15) is 16.6 Å². The van der Waals surface area contributed by atoms with Gasteiger partial charge in [-0.15, -0.1) is 0 Å². The third-order valence-electron chi connectivity index (χ3n) is 3.17. The van der Waals surface area contributed by atoms with E-state index in [1.54, 1.807) is 25.1 Å². The molecule has 0 fully saturated rings. The lowest BCUT2D eigenvalue weighted by atomic mass is 10.00. The number of carbonyl (C=O) groups is 1. The quantitative estimate of drug-likeness (QED) is 0.800. The first-order valence-electron chi connectivity index (χ1n) is 6.21. The molecule has 0 aliphatic rings. The average molecular weight is 309 g/mol. The van der Waals surface area contributed by atoms with E-state index < -0.39 is 11.6 Å². The number of ketones is 1. The lowest BCUT2D eigenvalue weighted by molar-refractivity contribution is 0.103. The van der Waals surface area contributed by atoms with E-state index in [1.807, 2.05) is 0 Å². The summed E-state index contributed by atoms with van der Waals surface area (Å²) < 4.78 is 24.3. The summed E-state index contributed by atoms with van der Waals surface area (Å²) in [5.41, 5.74) is 0.571. The zero-order valence-corrected chi connectivity index (χ0v) is 12.6. The van der Waals surface area contributed by atoms with E-state index in [0.717, 1.165) is 0 Å². The molecule has 0 aliphatic heterocycles. The van der Waals surface area contributed by atoms with Gasteiger partial charge in [-0.25, -0.2) is 4.39 Å². The lowest BCUT2D eigenvalue weighted by Crippen LogP contribution is -2.08. The highest BCUT2D eigenvalue weighted by Crippen LogP contribution is 2.38. The van der Waals surface area contributed by atoms with Crippen LogP contribution in [0.2, 0.25) is 5.02 Å². The Morgan fingerprint density at radius 2 is 1.81 bits per heavy atom. The predicted octanol–water partition coefficient (Wildman–Crippen LogP) is 4.04. The summed E-state index contributed by atoms with van der Waals surface area (Å²) >= 11 is 6.12. The van der Waals surface area contributed by atoms with Crippen molar-refractivity contribution in [1.29, 1.82) is 0 Å². The van der Waals surface area contributed by atoms with E-state index in [2.05, 4.69) is 0 Å². The van der Waals surface area contributed by atoms with Crippen LogP contribution in [0, 0.1) is 12.7 Å². The van der Waals surface area contributed by atoms with E-state index >= 15 is 0 Å². The Kier molecular flexibility index (Phi) is 4.48. The van der Waals surface area contributed by atoms with Crippen LogP contribution < -0.4 is 9.47 Å². The first-order chi connectivity index (χ1) is 10.0. The monoisotopic (exact) mass is 308 g/mol. The van der Waals surface area contributed by atoms with Gasteiger partial charge in [-0.1, -0.05) is 23.7 Å². The molecular formula is C16H14ClFO3. The number of aryl methyl sites for hydroxylation is 1. The number of hydrogen-bond acceptors (Lipinski definition) is 3. The van der Waals surface area contributed by atoms with Crippen LogP contribution in [0.15, 0.2) is 30.3 Å². The topological polar surface area (TPSA) is 35.5 Å². The fraction of sp³-hybridized carbons (Fsp3) is 0.188. The minimum absolute atomic E-state index is 0.0190. The molecule has 0 saturated heterocycles. The highest BCUT2D eigenvalue weighted by Gasteiger charge is 2.22. The number of benzene rings is 2. The lowest BCUT2D eigenvalue weighted by Gasteiger charge is -2.13. The number of rotatable bonds is 4. The molecule has 0 saturated carbocycles. The molecule has 0 amide bonds. The normalized spacial score (nSPS) is 10.3. The first kappa shape index (κ1) is 15.3. The molecule has 0 bridgehead atoms. The zero-order chi connectivity index (χ0) is 15.6. The minimum Gasteiger partial charge on any atom is -0.495 e. The molecule has 110 valence electrons. The van der Waals surface area contributed by atoms with Crippen LogP contribution in [0.4, 0.5) is 4.39 Å². The SMILES string of the molecule is COc1ccc(C(=O)c2cccc(C)c2F)c(OC)c1Cl. The second kappa shape index (κ2) is 6.14. The van der Waals surface area contributed by atoms with Gasteiger partial charge in [0.15, 0.2) is 11.5 Å². The summed E-state index contributed by atoms with van der Waals surface area (Å²) in [5.74, 6) is -0.481. The van der Waals surface area contributed by atoms with Gasteiger partial charge in [-0.05, 0) is 30.7 Å². The third kappa shape index (κ3) is 2.72. The molecular weight excluding hydrogens is 295 g/mol. The van der Waals surface area contributed by atoms with Gasteiger partial charge in [-0.3, -0.25) is 4.79 Å². The van der Waals surface area contributed by atoms with Gasteiger partial charge < -0.3 is 9.47 Å². The number of halogens is 2. The van der Waals surface area contributed by atoms with Crippen molar-refractivity contribution < 1.29 is 18.7 Å². The summed E-state index contributed by atoms with van der Waals surface area (Å²) in [6, 6.07) is 7.72. The van der Waals surface area contributed by atoms with E-state index in [-0.39, 0.29) is 21.9 Å². The Labute approximate surface area is 127 Å². The van der Waals surface area contributed by atoms with Gasteiger partial charge in [0, 0.05) is 0 Å². The van der Waals surface area contributed by atoms with Gasteiger partial charge in [0.2, 0.25) is 0 Å². The molecule has 3 nitrogen and oxygen atoms in total. The van der Waals surface area contributed by atoms with E-state index in [9.17, 15) is 9.18 Å². The Hall–Kier alpha value is -2.07. The second-order valence-electron chi connectivity index (χ2n) is 4.43. The smallest absolute Gasteiger partial charge is 0.199 e. The van der Waals surface area contributed by atoms with E-state index in [0.29, 0.717) is 11.3 Å². The standard InChI is InChI=1S/C16H14ClFO3/c1-9-5-4-6-10(14(9)18)15(19)11-7-8-12(20-2)13(17)16(11)21-3/h4-8H,1-3H3. The third-order valence-corrected chi connectivity index (χ3v) is 3.52. The van der Waals surface area contributed by atoms with Crippen LogP contribution in [-0.2, 0) is 0 Å². The molecule has 2 aromatic carbocycles. The van der Waals surface area contributed by atoms with Crippen LogP contribution in [0.3, 0.4) is 0 Å². The molecule has 5 heteroatoms. The Morgan fingerprint density at radius 1 is 1.10 bits per heavy atom. The minimum atomic E-state index is -0.545. The molecule has 0 aliphatic carbocycles. The molecule has 0 aromatic heterocycles. The van der Waals surface area contributed by atoms with Crippen molar-refractivity contribution in [3.8, 4) is 11.5 Å². The predicted molar refractivity (Wildman–Crippen MR) is 79.1 cm³/mol. The van der Waals surface area contributed by atoms with Crippen LogP contribution >= 0.6 is 11.6 Å². The number of methoxy groups -OCH3 is 2. The van der Waals surface area contributed by atoms with Crippen molar-refractivity contribution in [3.05, 3.63) is 57.9 Å². The molecule has 0 N–H and O–H groups in total. The van der Waals surface area contributed by atoms with Crippen LogP contribution in [0.1, 0.15) is 21.5 Å². The number of carbonyl (C=O) groups excluding carboxylic acids is 1.